The summed E-state index contributed by atoms with van der Waals surface area (Å²) in [7, 11) is 0. The summed E-state index contributed by atoms with van der Waals surface area (Å²) in [6.07, 6.45) is 3.45. The molecular weight excluding hydrogens is 304 g/mol. The van der Waals surface area contributed by atoms with Crippen LogP contribution in [0.2, 0.25) is 0 Å². The van der Waals surface area contributed by atoms with Crippen LogP contribution >= 0.6 is 11.8 Å². The van der Waals surface area contributed by atoms with Gasteiger partial charge in [0.15, 0.2) is 17.2 Å². The highest BCUT2D eigenvalue weighted by Gasteiger charge is 2.12. The molecule has 0 aliphatic rings. The second-order valence-electron chi connectivity index (χ2n) is 4.34. The molecule has 0 bridgehead atoms. The normalized spacial score (nSPS) is 10.8. The van der Waals surface area contributed by atoms with E-state index >= 15 is 0 Å². The van der Waals surface area contributed by atoms with E-state index in [1.165, 1.54) is 6.21 Å². The Morgan fingerprint density at radius 3 is 2.27 bits per heavy atom. The molecule has 0 aromatic heterocycles. The number of nitrogens with one attached hydrogen (secondary N) is 1. The highest BCUT2D eigenvalue weighted by Crippen LogP contribution is 2.35. The lowest BCUT2D eigenvalue weighted by Crippen LogP contribution is -2.17. The van der Waals surface area contributed by atoms with E-state index < -0.39 is 23.2 Å². The average Bonchev–Trinajstić information content (AvgIpc) is 2.52. The molecule has 2 aromatic carbocycles. The molecule has 0 heterocycles. The fourth-order valence-corrected chi connectivity index (χ4v) is 2.06. The maximum Gasteiger partial charge on any atom is 0.271 e. The van der Waals surface area contributed by atoms with E-state index in [2.05, 4.69) is 10.5 Å². The van der Waals surface area contributed by atoms with E-state index in [9.17, 15) is 20.1 Å². The van der Waals surface area contributed by atoms with Crippen LogP contribution < -0.4 is 5.43 Å². The van der Waals surface area contributed by atoms with Crippen molar-refractivity contribution in [1.82, 2.24) is 5.43 Å². The third-order valence-electron chi connectivity index (χ3n) is 2.83. The van der Waals surface area contributed by atoms with E-state index in [0.29, 0.717) is 0 Å². The summed E-state index contributed by atoms with van der Waals surface area (Å²) in [5.41, 5.74) is 3.06. The first-order valence-corrected chi connectivity index (χ1v) is 7.46. The molecular formula is C15H14N2O4S. The Labute approximate surface area is 131 Å². The van der Waals surface area contributed by atoms with Gasteiger partial charge in [-0.15, -0.1) is 11.8 Å². The van der Waals surface area contributed by atoms with Gasteiger partial charge < -0.3 is 15.3 Å². The molecule has 7 heteroatoms. The smallest absolute Gasteiger partial charge is 0.271 e. The summed E-state index contributed by atoms with van der Waals surface area (Å²) >= 11 is 1.63. The molecule has 1 amide bonds. The van der Waals surface area contributed by atoms with Crippen molar-refractivity contribution in [3.63, 3.8) is 0 Å². The van der Waals surface area contributed by atoms with Gasteiger partial charge in [-0.2, -0.15) is 5.10 Å². The number of phenols is 3. The Morgan fingerprint density at radius 1 is 1.14 bits per heavy atom. The summed E-state index contributed by atoms with van der Waals surface area (Å²) in [4.78, 5) is 12.9. The lowest BCUT2D eigenvalue weighted by Gasteiger charge is -2.04. The molecule has 2 aromatic rings. The van der Waals surface area contributed by atoms with Crippen molar-refractivity contribution in [2.75, 3.05) is 6.26 Å². The van der Waals surface area contributed by atoms with E-state index in [1.54, 1.807) is 11.8 Å². The zero-order valence-corrected chi connectivity index (χ0v) is 12.5. The molecule has 0 fully saturated rings. The minimum absolute atomic E-state index is 0.0253. The van der Waals surface area contributed by atoms with Gasteiger partial charge in [0.1, 0.15) is 0 Å². The van der Waals surface area contributed by atoms with Crippen LogP contribution in [-0.2, 0) is 0 Å². The Bertz CT molecular complexity index is 691. The summed E-state index contributed by atoms with van der Waals surface area (Å²) in [6.45, 7) is 0. The number of aromatic hydroxyl groups is 3. The fourth-order valence-electron chi connectivity index (χ4n) is 1.66. The third kappa shape index (κ3) is 3.70. The van der Waals surface area contributed by atoms with Crippen LogP contribution in [0.3, 0.4) is 0 Å². The lowest BCUT2D eigenvalue weighted by molar-refractivity contribution is 0.0954. The number of hydrazone groups is 1. The monoisotopic (exact) mass is 318 g/mol. The lowest BCUT2D eigenvalue weighted by atomic mass is 10.2. The largest absolute Gasteiger partial charge is 0.504 e. The molecule has 0 aliphatic heterocycles. The van der Waals surface area contributed by atoms with Crippen molar-refractivity contribution >= 4 is 23.9 Å². The molecule has 0 atom stereocenters. The van der Waals surface area contributed by atoms with Crippen molar-refractivity contribution in [1.29, 1.82) is 0 Å². The number of amides is 1. The third-order valence-corrected chi connectivity index (χ3v) is 3.57. The maximum atomic E-state index is 11.8. The van der Waals surface area contributed by atoms with Crippen molar-refractivity contribution < 1.29 is 20.1 Å². The van der Waals surface area contributed by atoms with E-state index in [1.807, 2.05) is 30.5 Å². The zero-order valence-electron chi connectivity index (χ0n) is 11.6. The van der Waals surface area contributed by atoms with Crippen LogP contribution in [0, 0.1) is 0 Å². The van der Waals surface area contributed by atoms with Gasteiger partial charge >= 0.3 is 0 Å². The van der Waals surface area contributed by atoms with Crippen molar-refractivity contribution in [2.24, 2.45) is 5.10 Å². The average molecular weight is 318 g/mol. The second kappa shape index (κ2) is 6.86. The molecule has 4 N–H and O–H groups in total. The predicted octanol–water partition coefficient (Wildman–Crippen LogP) is 2.29. The summed E-state index contributed by atoms with van der Waals surface area (Å²) < 4.78 is 0. The molecule has 2 rings (SSSR count). The van der Waals surface area contributed by atoms with E-state index in [-0.39, 0.29) is 5.56 Å². The molecule has 114 valence electrons. The Kier molecular flexibility index (Phi) is 4.90. The summed E-state index contributed by atoms with van der Waals surface area (Å²) in [5.74, 6) is -2.46. The van der Waals surface area contributed by atoms with E-state index in [4.69, 9.17) is 0 Å². The van der Waals surface area contributed by atoms with Gasteiger partial charge in [0.25, 0.3) is 5.91 Å². The molecule has 0 radical (unpaired) electrons. The highest BCUT2D eigenvalue weighted by atomic mass is 32.2. The van der Waals surface area contributed by atoms with Crippen molar-refractivity contribution in [3.05, 3.63) is 47.5 Å². The van der Waals surface area contributed by atoms with Gasteiger partial charge in [-0.25, -0.2) is 5.43 Å². The van der Waals surface area contributed by atoms with Gasteiger partial charge in [0, 0.05) is 10.5 Å². The SMILES string of the molecule is CSc1ccc(C=NNC(=O)c2cc(O)c(O)c(O)c2)cc1. The molecule has 22 heavy (non-hydrogen) atoms. The number of carbonyl (C=O) groups excluding carboxylic acids is 1. The van der Waals surface area contributed by atoms with Crippen molar-refractivity contribution in [2.45, 2.75) is 4.90 Å². The topological polar surface area (TPSA) is 102 Å². The van der Waals surface area contributed by atoms with Crippen LogP contribution in [0.1, 0.15) is 15.9 Å². The predicted molar refractivity (Wildman–Crippen MR) is 84.7 cm³/mol. The van der Waals surface area contributed by atoms with Crippen LogP contribution in [0.4, 0.5) is 0 Å². The summed E-state index contributed by atoms with van der Waals surface area (Å²) in [6, 6.07) is 9.66. The Hall–Kier alpha value is -2.67. The zero-order chi connectivity index (χ0) is 16.1. The number of phenolic OH excluding ortho intramolecular Hbond substituents is 3. The Morgan fingerprint density at radius 2 is 1.73 bits per heavy atom. The maximum absolute atomic E-state index is 11.8. The van der Waals surface area contributed by atoms with Crippen LogP contribution in [0.25, 0.3) is 0 Å². The molecule has 0 saturated heterocycles. The highest BCUT2D eigenvalue weighted by molar-refractivity contribution is 7.98. The number of hydrogen-bond acceptors (Lipinski definition) is 6. The number of thioether (sulfide) groups is 1. The van der Waals surface area contributed by atoms with Gasteiger partial charge in [0.05, 0.1) is 6.21 Å². The standard InChI is InChI=1S/C15H14N2O4S/c1-22-11-4-2-9(3-5-11)8-16-17-15(21)10-6-12(18)14(20)13(19)7-10/h2-8,18-20H,1H3,(H,17,21). The number of hydrogen-bond donors (Lipinski definition) is 4. The first-order chi connectivity index (χ1) is 10.5. The van der Waals surface area contributed by atoms with Crippen molar-refractivity contribution in [3.8, 4) is 17.2 Å². The van der Waals surface area contributed by atoms with Crippen LogP contribution in [-0.4, -0.2) is 33.7 Å². The number of carbonyl (C=O) groups is 1. The van der Waals surface area contributed by atoms with Gasteiger partial charge in [0.2, 0.25) is 0 Å². The molecule has 0 aliphatic carbocycles. The van der Waals surface area contributed by atoms with E-state index in [0.717, 1.165) is 22.6 Å². The van der Waals surface area contributed by atoms with Gasteiger partial charge in [-0.05, 0) is 36.1 Å². The Balaban J connectivity index is 2.04. The number of benzene rings is 2. The minimum atomic E-state index is -0.672. The molecule has 6 nitrogen and oxygen atoms in total. The molecule has 0 saturated carbocycles. The van der Waals surface area contributed by atoms with Crippen LogP contribution in [0.15, 0.2) is 46.4 Å². The minimum Gasteiger partial charge on any atom is -0.504 e. The van der Waals surface area contributed by atoms with Crippen LogP contribution in [0.5, 0.6) is 17.2 Å². The van der Waals surface area contributed by atoms with Gasteiger partial charge in [-0.3, -0.25) is 4.79 Å². The number of nitrogens with zero attached hydrogens (tertiary/aromatic N) is 1. The quantitative estimate of drug-likeness (QED) is 0.300. The second-order valence-corrected chi connectivity index (χ2v) is 5.22. The molecule has 0 unspecified atom stereocenters. The first-order valence-electron chi connectivity index (χ1n) is 6.23. The fraction of sp³-hybridized carbons (Fsp3) is 0.0667. The summed E-state index contributed by atoms with van der Waals surface area (Å²) in [5, 5.41) is 31.7. The molecule has 0 spiro atoms. The first kappa shape index (κ1) is 15.7. The van der Waals surface area contributed by atoms with Gasteiger partial charge in [-0.1, -0.05) is 12.1 Å². The number of rotatable bonds is 4.